The molecule has 0 saturated carbocycles. The normalized spacial score (nSPS) is 15.9. The number of aliphatic carboxylic acids is 2. The number of rotatable bonds is 12. The van der Waals surface area contributed by atoms with E-state index in [-0.39, 0.29) is 19.4 Å². The monoisotopic (exact) mass is 392 g/mol. The predicted molar refractivity (Wildman–Crippen MR) is 93.5 cm³/mol. The van der Waals surface area contributed by atoms with E-state index in [9.17, 15) is 24.3 Å². The second kappa shape index (κ2) is 10.8. The van der Waals surface area contributed by atoms with E-state index in [0.717, 1.165) is 0 Å². The van der Waals surface area contributed by atoms with Crippen molar-refractivity contribution >= 4 is 23.8 Å². The van der Waals surface area contributed by atoms with Crippen molar-refractivity contribution in [2.24, 2.45) is 5.73 Å². The number of nitrogens with one attached hydrogen (secondary N) is 1. The Hall–Kier alpha value is -2.24. The molecule has 0 aromatic heterocycles. The predicted octanol–water partition coefficient (Wildman–Crippen LogP) is -1.86. The number of nitrogens with two attached hydrogens (primary N) is 1. The summed E-state index contributed by atoms with van der Waals surface area (Å²) >= 11 is 0. The molecule has 1 amide bonds. The Morgan fingerprint density at radius 2 is 1.70 bits per heavy atom. The first-order chi connectivity index (χ1) is 12.2. The van der Waals surface area contributed by atoms with Crippen molar-refractivity contribution in [3.8, 4) is 0 Å². The van der Waals surface area contributed by atoms with Crippen LogP contribution in [-0.2, 0) is 23.9 Å². The molecule has 0 spiro atoms. The van der Waals surface area contributed by atoms with Gasteiger partial charge in [0.25, 0.3) is 0 Å². The summed E-state index contributed by atoms with van der Waals surface area (Å²) in [6, 6.07) is -2.64. The van der Waals surface area contributed by atoms with Crippen molar-refractivity contribution in [2.75, 3.05) is 27.7 Å². The summed E-state index contributed by atoms with van der Waals surface area (Å²) < 4.78 is 5.53. The second-order valence-electron chi connectivity index (χ2n) is 7.40. The summed E-state index contributed by atoms with van der Waals surface area (Å²) in [5, 5.41) is 29.7. The fourth-order valence-corrected chi connectivity index (χ4v) is 2.22. The van der Waals surface area contributed by atoms with E-state index in [0.29, 0.717) is 4.48 Å². The van der Waals surface area contributed by atoms with Crippen LogP contribution in [0.4, 0.5) is 0 Å². The van der Waals surface area contributed by atoms with Gasteiger partial charge in [-0.3, -0.25) is 14.4 Å². The van der Waals surface area contributed by atoms with Crippen LogP contribution in [-0.4, -0.2) is 95.6 Å². The van der Waals surface area contributed by atoms with Gasteiger partial charge in [-0.1, -0.05) is 0 Å². The molecule has 0 bridgehead atoms. The molecule has 0 aromatic carbocycles. The van der Waals surface area contributed by atoms with E-state index in [1.807, 2.05) is 0 Å². The van der Waals surface area contributed by atoms with Gasteiger partial charge in [-0.2, -0.15) is 0 Å². The highest BCUT2D eigenvalue weighted by atomic mass is 16.5. The Morgan fingerprint density at radius 3 is 2.11 bits per heavy atom. The molecule has 6 N–H and O–H groups in total. The molecule has 0 fully saturated rings. The Labute approximate surface area is 157 Å². The third-order valence-electron chi connectivity index (χ3n) is 3.49. The van der Waals surface area contributed by atoms with Crippen molar-refractivity contribution in [3.63, 3.8) is 0 Å². The number of ether oxygens (including phenoxy) is 1. The summed E-state index contributed by atoms with van der Waals surface area (Å²) in [6.07, 6.45) is -3.08. The number of carboxylic acids is 2. The second-order valence-corrected chi connectivity index (χ2v) is 7.40. The van der Waals surface area contributed by atoms with Gasteiger partial charge >= 0.3 is 17.9 Å². The quantitative estimate of drug-likeness (QED) is 0.188. The lowest BCUT2D eigenvalue weighted by Gasteiger charge is -2.29. The number of carbonyl (C=O) groups excluding carboxylic acids is 2. The Balaban J connectivity index is 4.95. The molecule has 0 aromatic rings. The highest BCUT2D eigenvalue weighted by molar-refractivity contribution is 5.85. The van der Waals surface area contributed by atoms with Gasteiger partial charge in [0.05, 0.1) is 33.7 Å². The minimum Gasteiger partial charge on any atom is -0.481 e. The van der Waals surface area contributed by atoms with E-state index in [1.165, 1.54) is 6.92 Å². The molecule has 156 valence electrons. The van der Waals surface area contributed by atoms with Crippen molar-refractivity contribution < 1.29 is 43.7 Å². The number of aliphatic hydroxyl groups excluding tert-OH is 1. The van der Waals surface area contributed by atoms with E-state index >= 15 is 0 Å². The molecule has 11 nitrogen and oxygen atoms in total. The van der Waals surface area contributed by atoms with Gasteiger partial charge in [-0.05, 0) is 13.3 Å². The lowest BCUT2D eigenvalue weighted by molar-refractivity contribution is -0.873. The van der Waals surface area contributed by atoms with Gasteiger partial charge in [-0.25, -0.2) is 4.79 Å². The van der Waals surface area contributed by atoms with Crippen LogP contribution in [0.15, 0.2) is 0 Å². The molecule has 0 heterocycles. The fourth-order valence-electron chi connectivity index (χ4n) is 2.22. The number of amides is 1. The van der Waals surface area contributed by atoms with Crippen LogP contribution < -0.4 is 11.1 Å². The summed E-state index contributed by atoms with van der Waals surface area (Å²) in [4.78, 5) is 45.9. The van der Waals surface area contributed by atoms with Crippen molar-refractivity contribution in [2.45, 2.75) is 50.5 Å². The number of carbonyl (C=O) groups is 4. The minimum absolute atomic E-state index is 0.147. The molecule has 27 heavy (non-hydrogen) atoms. The van der Waals surface area contributed by atoms with Crippen LogP contribution in [0.3, 0.4) is 0 Å². The lowest BCUT2D eigenvalue weighted by atomic mass is 10.1. The largest absolute Gasteiger partial charge is 0.481 e. The van der Waals surface area contributed by atoms with Crippen LogP contribution in [0.25, 0.3) is 0 Å². The van der Waals surface area contributed by atoms with Crippen LogP contribution >= 0.6 is 0 Å². The van der Waals surface area contributed by atoms with Gasteiger partial charge < -0.3 is 35.6 Å². The molecule has 4 atom stereocenters. The van der Waals surface area contributed by atoms with Crippen LogP contribution in [0.1, 0.15) is 26.2 Å². The summed E-state index contributed by atoms with van der Waals surface area (Å²) in [5.74, 6) is -4.07. The molecule has 0 aliphatic rings. The summed E-state index contributed by atoms with van der Waals surface area (Å²) in [7, 11) is 5.38. The third-order valence-corrected chi connectivity index (χ3v) is 3.49. The molecule has 11 heteroatoms. The Kier molecular flexibility index (Phi) is 9.90. The smallest absolute Gasteiger partial charge is 0.331 e. The SMILES string of the molecule is C[C@@H](O)[C@H](NC(=O)CC[C@H](N)C(=O)O)C(=O)OC(CC(=O)O)C[N+](C)(C)C. The van der Waals surface area contributed by atoms with E-state index in [4.69, 9.17) is 20.7 Å². The standard InChI is InChI=1S/C16H29N3O8/c1-9(20)14(18-12(21)6-5-11(17)15(24)25)16(26)27-10(7-13(22)23)8-19(2,3)4/h9-11,14,20H,5-8,17H2,1-4H3,(H2-,18,21,22,23,24,25)/p+1/t9-,10?,11+,14+/m1/s1. The number of nitrogens with zero attached hydrogens (tertiary/aromatic N) is 1. The van der Waals surface area contributed by atoms with Crippen molar-refractivity contribution in [1.29, 1.82) is 0 Å². The van der Waals surface area contributed by atoms with Gasteiger partial charge in [0, 0.05) is 6.42 Å². The molecule has 0 saturated heterocycles. The Morgan fingerprint density at radius 1 is 1.15 bits per heavy atom. The number of quaternary nitrogens is 1. The first-order valence-electron chi connectivity index (χ1n) is 8.41. The highest BCUT2D eigenvalue weighted by Crippen LogP contribution is 2.09. The van der Waals surface area contributed by atoms with E-state index in [2.05, 4.69) is 5.32 Å². The Bertz CT molecular complexity index is 544. The zero-order chi connectivity index (χ0) is 21.4. The van der Waals surface area contributed by atoms with Gasteiger partial charge in [0.2, 0.25) is 5.91 Å². The van der Waals surface area contributed by atoms with Crippen LogP contribution in [0.5, 0.6) is 0 Å². The fraction of sp³-hybridized carbons (Fsp3) is 0.750. The van der Waals surface area contributed by atoms with Crippen LogP contribution in [0, 0.1) is 0 Å². The molecular weight excluding hydrogens is 362 g/mol. The number of aliphatic hydroxyl groups is 1. The molecule has 0 radical (unpaired) electrons. The van der Waals surface area contributed by atoms with Gasteiger partial charge in [-0.15, -0.1) is 0 Å². The number of hydrogen-bond acceptors (Lipinski definition) is 7. The van der Waals surface area contributed by atoms with Crippen molar-refractivity contribution in [1.82, 2.24) is 5.32 Å². The van der Waals surface area contributed by atoms with Gasteiger partial charge in [0.1, 0.15) is 12.6 Å². The van der Waals surface area contributed by atoms with E-state index in [1.54, 1.807) is 21.1 Å². The van der Waals surface area contributed by atoms with Crippen molar-refractivity contribution in [3.05, 3.63) is 0 Å². The molecular formula is C16H30N3O8+. The first-order valence-corrected chi connectivity index (χ1v) is 8.41. The highest BCUT2D eigenvalue weighted by Gasteiger charge is 2.32. The lowest BCUT2D eigenvalue weighted by Crippen LogP contribution is -2.51. The number of hydrogen-bond donors (Lipinski definition) is 5. The number of likely N-dealkylation sites (N-methyl/N-ethyl adjacent to an activating group) is 1. The zero-order valence-corrected chi connectivity index (χ0v) is 16.0. The third kappa shape index (κ3) is 11.2. The minimum atomic E-state index is -1.41. The summed E-state index contributed by atoms with van der Waals surface area (Å²) in [6.45, 7) is 1.48. The summed E-state index contributed by atoms with van der Waals surface area (Å²) in [5.41, 5.74) is 5.31. The number of carboxylic acid groups (broad SMARTS) is 2. The first kappa shape index (κ1) is 24.8. The zero-order valence-electron chi connectivity index (χ0n) is 16.0. The average molecular weight is 392 g/mol. The average Bonchev–Trinajstić information content (AvgIpc) is 2.46. The molecule has 0 aliphatic carbocycles. The molecule has 1 unspecified atom stereocenters. The molecule has 0 aliphatic heterocycles. The maximum absolute atomic E-state index is 12.3. The topological polar surface area (TPSA) is 176 Å². The van der Waals surface area contributed by atoms with Gasteiger partial charge in [0.15, 0.2) is 12.1 Å². The van der Waals surface area contributed by atoms with Crippen LogP contribution in [0.2, 0.25) is 0 Å². The maximum Gasteiger partial charge on any atom is 0.331 e. The van der Waals surface area contributed by atoms with E-state index < -0.39 is 54.5 Å². The maximum atomic E-state index is 12.3. The molecule has 0 rings (SSSR count). The number of esters is 1.